The van der Waals surface area contributed by atoms with Crippen LogP contribution >= 0.6 is 15.2 Å². The summed E-state index contributed by atoms with van der Waals surface area (Å²) in [5, 5.41) is 0.197. The summed E-state index contributed by atoms with van der Waals surface area (Å²) in [6.07, 6.45) is 0. The Bertz CT molecular complexity index is 1440. The second-order valence-corrected chi connectivity index (χ2v) is 13.9. The quantitative estimate of drug-likeness (QED) is 0.278. The molecule has 0 unspecified atom stereocenters. The molecule has 3 aromatic rings. The van der Waals surface area contributed by atoms with E-state index in [-0.39, 0.29) is 10.6 Å². The van der Waals surface area contributed by atoms with Gasteiger partial charge in [-0.25, -0.2) is 0 Å². The van der Waals surface area contributed by atoms with Gasteiger partial charge < -0.3 is 19.6 Å². The monoisotopic (exact) mass is 558 g/mol. The van der Waals surface area contributed by atoms with Crippen molar-refractivity contribution in [2.75, 3.05) is 0 Å². The van der Waals surface area contributed by atoms with Gasteiger partial charge in [-0.2, -0.15) is 0 Å². The Morgan fingerprint density at radius 3 is 0.711 bits per heavy atom. The van der Waals surface area contributed by atoms with Gasteiger partial charge in [0.15, 0.2) is 0 Å². The first kappa shape index (κ1) is 30.5. The van der Waals surface area contributed by atoms with E-state index in [4.69, 9.17) is 0 Å². The lowest BCUT2D eigenvalue weighted by Gasteiger charge is -2.29. The summed E-state index contributed by atoms with van der Waals surface area (Å²) in [4.78, 5) is 40.4. The summed E-state index contributed by atoms with van der Waals surface area (Å²) in [7, 11) is -8.93. The summed E-state index contributed by atoms with van der Waals surface area (Å²) < 4.78 is 24.7. The molecule has 0 aliphatic carbocycles. The zero-order valence-electron chi connectivity index (χ0n) is 24.5. The van der Waals surface area contributed by atoms with Gasteiger partial charge in [-0.05, 0) is 172 Å². The van der Waals surface area contributed by atoms with Gasteiger partial charge >= 0.3 is 15.2 Å². The molecule has 0 aliphatic heterocycles. The summed E-state index contributed by atoms with van der Waals surface area (Å²) in [6, 6.07) is 0. The van der Waals surface area contributed by atoms with Crippen molar-refractivity contribution >= 4 is 25.8 Å². The molecule has 0 heterocycles. The van der Waals surface area contributed by atoms with E-state index in [0.717, 1.165) is 66.8 Å². The van der Waals surface area contributed by atoms with Crippen molar-refractivity contribution in [1.82, 2.24) is 0 Å². The normalized spacial score (nSPS) is 12.4. The standard InChI is InChI=1S/C30H40O6P2/c1-13-14(2)27(25-16(4)20(8)29(37(31,32)33)21(9)17(25)5)24(12)28(15(13)3)26-18(6)22(10)30(38(34,35)36)23(11)19(26)7/h1-12H3,(H2,31,32,33)(H2,34,35,36). The van der Waals surface area contributed by atoms with Crippen molar-refractivity contribution < 1.29 is 28.7 Å². The molecular formula is C30H40O6P2. The van der Waals surface area contributed by atoms with Crippen LogP contribution in [0.5, 0.6) is 0 Å². The van der Waals surface area contributed by atoms with Crippen LogP contribution in [0.4, 0.5) is 0 Å². The molecule has 0 amide bonds. The Hall–Kier alpha value is -2.04. The van der Waals surface area contributed by atoms with Gasteiger partial charge in [-0.1, -0.05) is 0 Å². The van der Waals surface area contributed by atoms with Crippen molar-refractivity contribution in [2.24, 2.45) is 0 Å². The van der Waals surface area contributed by atoms with Gasteiger partial charge in [-0.3, -0.25) is 9.13 Å². The lowest BCUT2D eigenvalue weighted by molar-refractivity contribution is 0.385. The van der Waals surface area contributed by atoms with E-state index in [2.05, 4.69) is 27.7 Å². The molecule has 0 aromatic heterocycles. The lowest BCUT2D eigenvalue weighted by Crippen LogP contribution is -2.18. The molecule has 6 nitrogen and oxygen atoms in total. The molecule has 4 N–H and O–H groups in total. The number of rotatable bonds is 4. The predicted octanol–water partition coefficient (Wildman–Crippen LogP) is 6.33. The highest BCUT2D eigenvalue weighted by Crippen LogP contribution is 2.48. The minimum atomic E-state index is -4.46. The summed E-state index contributed by atoms with van der Waals surface area (Å²) in [5.41, 5.74) is 14.1. The van der Waals surface area contributed by atoms with Crippen molar-refractivity contribution in [1.29, 1.82) is 0 Å². The second-order valence-electron chi connectivity index (χ2n) is 10.8. The average molecular weight is 559 g/mol. The van der Waals surface area contributed by atoms with Crippen molar-refractivity contribution in [3.05, 3.63) is 66.8 Å². The first-order chi connectivity index (χ1) is 17.2. The Morgan fingerprint density at radius 1 is 0.316 bits per heavy atom. The summed E-state index contributed by atoms with van der Waals surface area (Å²) in [6.45, 7) is 23.1. The van der Waals surface area contributed by atoms with Crippen LogP contribution in [-0.4, -0.2) is 19.6 Å². The van der Waals surface area contributed by atoms with Gasteiger partial charge in [0, 0.05) is 0 Å². The van der Waals surface area contributed by atoms with E-state index in [9.17, 15) is 28.7 Å². The Labute approximate surface area is 226 Å². The molecule has 0 radical (unpaired) electrons. The van der Waals surface area contributed by atoms with Gasteiger partial charge in [0.05, 0.1) is 10.6 Å². The van der Waals surface area contributed by atoms with Crippen LogP contribution in [0.15, 0.2) is 0 Å². The van der Waals surface area contributed by atoms with Gasteiger partial charge in [-0.15, -0.1) is 0 Å². The van der Waals surface area contributed by atoms with Crippen LogP contribution < -0.4 is 10.6 Å². The highest BCUT2D eigenvalue weighted by atomic mass is 31.2. The third-order valence-electron chi connectivity index (χ3n) is 8.88. The van der Waals surface area contributed by atoms with Crippen LogP contribution in [0, 0.1) is 83.1 Å². The highest BCUT2D eigenvalue weighted by Gasteiger charge is 2.31. The SMILES string of the molecule is Cc1c(C)c(-c2c(C)c(C)c(P(=O)(O)O)c(C)c2C)c(C)c(-c2c(C)c(C)c(P(=O)(O)O)c(C)c2C)c1C. The lowest BCUT2D eigenvalue weighted by atomic mass is 9.77. The zero-order valence-corrected chi connectivity index (χ0v) is 26.3. The molecule has 0 saturated heterocycles. The fourth-order valence-corrected chi connectivity index (χ4v) is 8.72. The van der Waals surface area contributed by atoms with E-state index in [1.807, 2.05) is 27.7 Å². The Morgan fingerprint density at radius 2 is 0.500 bits per heavy atom. The maximum atomic E-state index is 12.4. The maximum Gasteiger partial charge on any atom is 0.356 e. The Balaban J connectivity index is 2.60. The molecule has 0 spiro atoms. The fraction of sp³-hybridized carbons (Fsp3) is 0.400. The molecule has 8 heteroatoms. The minimum absolute atomic E-state index is 0.0987. The minimum Gasteiger partial charge on any atom is -0.321 e. The third-order valence-corrected chi connectivity index (χ3v) is 11.4. The first-order valence-corrected chi connectivity index (χ1v) is 15.8. The largest absolute Gasteiger partial charge is 0.356 e. The molecule has 0 bridgehead atoms. The zero-order chi connectivity index (χ0) is 29.4. The van der Waals surface area contributed by atoms with E-state index >= 15 is 0 Å². The highest BCUT2D eigenvalue weighted by molar-refractivity contribution is 7.60. The molecule has 3 rings (SSSR count). The predicted molar refractivity (Wildman–Crippen MR) is 158 cm³/mol. The third kappa shape index (κ3) is 4.56. The van der Waals surface area contributed by atoms with E-state index < -0.39 is 15.2 Å². The molecular weight excluding hydrogens is 518 g/mol. The molecule has 0 atom stereocenters. The topological polar surface area (TPSA) is 115 Å². The molecule has 38 heavy (non-hydrogen) atoms. The fourth-order valence-electron chi connectivity index (χ4n) is 6.30. The second kappa shape index (κ2) is 9.86. The van der Waals surface area contributed by atoms with Crippen molar-refractivity contribution in [2.45, 2.75) is 83.1 Å². The maximum absolute atomic E-state index is 12.4. The van der Waals surface area contributed by atoms with Gasteiger partial charge in [0.25, 0.3) is 0 Å². The first-order valence-electron chi connectivity index (χ1n) is 12.6. The molecule has 0 fully saturated rings. The van der Waals surface area contributed by atoms with Crippen LogP contribution in [-0.2, 0) is 9.13 Å². The van der Waals surface area contributed by atoms with Crippen LogP contribution in [0.3, 0.4) is 0 Å². The van der Waals surface area contributed by atoms with Gasteiger partial charge in [0.1, 0.15) is 0 Å². The molecule has 206 valence electrons. The average Bonchev–Trinajstić information content (AvgIpc) is 2.77. The van der Waals surface area contributed by atoms with E-state index in [1.165, 1.54) is 0 Å². The molecule has 3 aromatic carbocycles. The molecule has 0 aliphatic rings. The van der Waals surface area contributed by atoms with E-state index in [0.29, 0.717) is 22.3 Å². The van der Waals surface area contributed by atoms with Crippen LogP contribution in [0.25, 0.3) is 22.3 Å². The van der Waals surface area contributed by atoms with Crippen LogP contribution in [0.1, 0.15) is 66.8 Å². The summed E-state index contributed by atoms with van der Waals surface area (Å²) >= 11 is 0. The smallest absolute Gasteiger partial charge is 0.321 e. The van der Waals surface area contributed by atoms with Crippen molar-refractivity contribution in [3.8, 4) is 22.3 Å². The van der Waals surface area contributed by atoms with Crippen molar-refractivity contribution in [3.63, 3.8) is 0 Å². The number of benzene rings is 3. The molecule has 0 saturated carbocycles. The number of hydrogen-bond donors (Lipinski definition) is 4. The van der Waals surface area contributed by atoms with E-state index in [1.54, 1.807) is 27.7 Å². The van der Waals surface area contributed by atoms with Crippen LogP contribution in [0.2, 0.25) is 0 Å². The van der Waals surface area contributed by atoms with Gasteiger partial charge in [0.2, 0.25) is 0 Å². The Kier molecular flexibility index (Phi) is 7.91. The summed E-state index contributed by atoms with van der Waals surface area (Å²) in [5.74, 6) is 0. The number of hydrogen-bond acceptors (Lipinski definition) is 2.